The summed E-state index contributed by atoms with van der Waals surface area (Å²) in [4.78, 5) is 27.0. The highest BCUT2D eigenvalue weighted by Crippen LogP contribution is 2.25. The Balaban J connectivity index is 2.17. The first kappa shape index (κ1) is 15.2. The number of likely N-dealkylation sites (tertiary alicyclic amines) is 1. The van der Waals surface area contributed by atoms with Crippen LogP contribution in [-0.4, -0.2) is 48.6 Å². The molecule has 0 saturated carbocycles. The van der Waals surface area contributed by atoms with Gasteiger partial charge in [-0.2, -0.15) is 0 Å². The van der Waals surface area contributed by atoms with Crippen LogP contribution in [-0.2, 0) is 4.79 Å². The highest BCUT2D eigenvalue weighted by molar-refractivity contribution is 5.96. The number of carbonyl (C=O) groups excluding carboxylic acids is 1. The van der Waals surface area contributed by atoms with E-state index in [2.05, 4.69) is 0 Å². The van der Waals surface area contributed by atoms with Gasteiger partial charge in [-0.25, -0.2) is 4.79 Å². The van der Waals surface area contributed by atoms with Gasteiger partial charge >= 0.3 is 5.97 Å². The van der Waals surface area contributed by atoms with Crippen LogP contribution >= 0.6 is 0 Å². The first-order valence-electron chi connectivity index (χ1n) is 7.02. The second-order valence-electron chi connectivity index (χ2n) is 5.47. The highest BCUT2D eigenvalue weighted by Gasteiger charge is 2.20. The molecule has 0 atom stereocenters. The topological polar surface area (TPSA) is 86.9 Å². The average Bonchev–Trinajstić information content (AvgIpc) is 2.95. The molecule has 1 aliphatic heterocycles. The molecule has 1 fully saturated rings. The molecule has 0 aromatic heterocycles. The largest absolute Gasteiger partial charge is 0.478 e. The van der Waals surface area contributed by atoms with E-state index >= 15 is 0 Å². The number of rotatable bonds is 4. The van der Waals surface area contributed by atoms with Gasteiger partial charge in [0.15, 0.2) is 0 Å². The molecule has 1 heterocycles. The van der Waals surface area contributed by atoms with Gasteiger partial charge in [-0.3, -0.25) is 4.79 Å². The number of aryl methyl sites for hydroxylation is 1. The number of hydrogen-bond donors (Lipinski definition) is 2. The molecule has 1 aromatic rings. The van der Waals surface area contributed by atoms with Crippen LogP contribution in [0.5, 0.6) is 0 Å². The van der Waals surface area contributed by atoms with Crippen molar-refractivity contribution in [2.45, 2.75) is 19.8 Å². The molecule has 6 nitrogen and oxygen atoms in total. The molecule has 0 bridgehead atoms. The molecular formula is C15H21N3O3. The lowest BCUT2D eigenvalue weighted by Gasteiger charge is -2.24. The van der Waals surface area contributed by atoms with Crippen LogP contribution in [0.2, 0.25) is 0 Å². The Bertz CT molecular complexity index is 566. The number of aromatic carboxylic acids is 1. The molecule has 114 valence electrons. The zero-order valence-electron chi connectivity index (χ0n) is 12.4. The normalized spacial score (nSPS) is 14.3. The predicted octanol–water partition coefficient (Wildman–Crippen LogP) is 1.33. The number of nitrogen functional groups attached to an aromatic ring is 1. The van der Waals surface area contributed by atoms with E-state index in [1.54, 1.807) is 24.9 Å². The zero-order valence-corrected chi connectivity index (χ0v) is 12.4. The summed E-state index contributed by atoms with van der Waals surface area (Å²) < 4.78 is 0. The van der Waals surface area contributed by atoms with E-state index in [-0.39, 0.29) is 23.7 Å². The van der Waals surface area contributed by atoms with Gasteiger partial charge in [0.05, 0.1) is 12.1 Å². The standard InChI is InChI=1S/C15H21N3O3/c1-10-7-11(8-12(14(10)16)15(20)21)17(2)9-13(19)18-5-3-4-6-18/h7-8H,3-6,9,16H2,1-2H3,(H,20,21). The van der Waals surface area contributed by atoms with E-state index < -0.39 is 5.97 Å². The van der Waals surface area contributed by atoms with Gasteiger partial charge in [-0.1, -0.05) is 0 Å². The van der Waals surface area contributed by atoms with E-state index in [0.29, 0.717) is 11.3 Å². The van der Waals surface area contributed by atoms with Gasteiger partial charge < -0.3 is 20.6 Å². The number of anilines is 2. The van der Waals surface area contributed by atoms with Crippen molar-refractivity contribution in [3.63, 3.8) is 0 Å². The molecular weight excluding hydrogens is 270 g/mol. The molecule has 6 heteroatoms. The minimum atomic E-state index is -1.06. The molecule has 1 saturated heterocycles. The third-order valence-electron chi connectivity index (χ3n) is 3.87. The molecule has 0 spiro atoms. The molecule has 0 unspecified atom stereocenters. The summed E-state index contributed by atoms with van der Waals surface area (Å²) in [5, 5.41) is 9.18. The molecule has 1 aliphatic rings. The first-order valence-corrected chi connectivity index (χ1v) is 7.02. The number of carboxylic acids is 1. The summed E-state index contributed by atoms with van der Waals surface area (Å²) in [6, 6.07) is 3.32. The molecule has 1 aromatic carbocycles. The second kappa shape index (κ2) is 6.03. The second-order valence-corrected chi connectivity index (χ2v) is 5.47. The summed E-state index contributed by atoms with van der Waals surface area (Å²) >= 11 is 0. The molecule has 0 radical (unpaired) electrons. The lowest BCUT2D eigenvalue weighted by molar-refractivity contribution is -0.128. The van der Waals surface area contributed by atoms with Crippen LogP contribution in [0.1, 0.15) is 28.8 Å². The van der Waals surface area contributed by atoms with E-state index in [0.717, 1.165) is 25.9 Å². The number of carbonyl (C=O) groups is 2. The highest BCUT2D eigenvalue weighted by atomic mass is 16.4. The Morgan fingerprint density at radius 3 is 2.52 bits per heavy atom. The monoisotopic (exact) mass is 291 g/mol. The Hall–Kier alpha value is -2.24. The number of carboxylic acid groups (broad SMARTS) is 1. The van der Waals surface area contributed by atoms with Crippen molar-refractivity contribution in [1.29, 1.82) is 0 Å². The van der Waals surface area contributed by atoms with Gasteiger partial charge in [0, 0.05) is 31.5 Å². The Labute approximate surface area is 124 Å². The van der Waals surface area contributed by atoms with E-state index in [9.17, 15) is 14.7 Å². The summed E-state index contributed by atoms with van der Waals surface area (Å²) in [5.74, 6) is -0.988. The summed E-state index contributed by atoms with van der Waals surface area (Å²) in [5.41, 5.74) is 7.51. The van der Waals surface area contributed by atoms with Crippen LogP contribution in [0.4, 0.5) is 11.4 Å². The van der Waals surface area contributed by atoms with Crippen LogP contribution in [0.3, 0.4) is 0 Å². The Morgan fingerprint density at radius 1 is 1.33 bits per heavy atom. The fourth-order valence-electron chi connectivity index (χ4n) is 2.54. The molecule has 0 aliphatic carbocycles. The van der Waals surface area contributed by atoms with Crippen molar-refractivity contribution in [2.75, 3.05) is 37.3 Å². The quantitative estimate of drug-likeness (QED) is 0.817. The van der Waals surface area contributed by atoms with Gasteiger partial charge in [0.2, 0.25) is 5.91 Å². The molecule has 21 heavy (non-hydrogen) atoms. The lowest BCUT2D eigenvalue weighted by atomic mass is 10.1. The van der Waals surface area contributed by atoms with Crippen LogP contribution in [0, 0.1) is 6.92 Å². The number of amides is 1. The number of nitrogens with zero attached hydrogens (tertiary/aromatic N) is 2. The van der Waals surface area contributed by atoms with Crippen molar-refractivity contribution in [3.8, 4) is 0 Å². The van der Waals surface area contributed by atoms with E-state index in [1.807, 2.05) is 4.90 Å². The molecule has 1 amide bonds. The fourth-order valence-corrected chi connectivity index (χ4v) is 2.54. The number of benzene rings is 1. The third kappa shape index (κ3) is 3.26. The van der Waals surface area contributed by atoms with Crippen LogP contribution in [0.25, 0.3) is 0 Å². The summed E-state index contributed by atoms with van der Waals surface area (Å²) in [6.07, 6.45) is 2.11. The van der Waals surface area contributed by atoms with Crippen molar-refractivity contribution in [3.05, 3.63) is 23.3 Å². The van der Waals surface area contributed by atoms with Crippen LogP contribution < -0.4 is 10.6 Å². The lowest BCUT2D eigenvalue weighted by Crippen LogP contribution is -2.37. The van der Waals surface area contributed by atoms with E-state index in [1.165, 1.54) is 6.07 Å². The Morgan fingerprint density at radius 2 is 1.95 bits per heavy atom. The third-order valence-corrected chi connectivity index (χ3v) is 3.87. The van der Waals surface area contributed by atoms with E-state index in [4.69, 9.17) is 5.73 Å². The number of likely N-dealkylation sites (N-methyl/N-ethyl adjacent to an activating group) is 1. The minimum absolute atomic E-state index is 0.0707. The van der Waals surface area contributed by atoms with Crippen molar-refractivity contribution >= 4 is 23.3 Å². The van der Waals surface area contributed by atoms with Crippen LogP contribution in [0.15, 0.2) is 12.1 Å². The number of hydrogen-bond acceptors (Lipinski definition) is 4. The SMILES string of the molecule is Cc1cc(N(C)CC(=O)N2CCCC2)cc(C(=O)O)c1N. The fraction of sp³-hybridized carbons (Fsp3) is 0.467. The maximum atomic E-state index is 12.1. The smallest absolute Gasteiger partial charge is 0.337 e. The molecule has 3 N–H and O–H groups in total. The average molecular weight is 291 g/mol. The summed E-state index contributed by atoms with van der Waals surface area (Å²) in [6.45, 7) is 3.63. The molecule has 2 rings (SSSR count). The van der Waals surface area contributed by atoms with Gasteiger partial charge in [0.25, 0.3) is 0 Å². The van der Waals surface area contributed by atoms with Crippen molar-refractivity contribution in [1.82, 2.24) is 4.90 Å². The van der Waals surface area contributed by atoms with Gasteiger partial charge in [-0.05, 0) is 37.5 Å². The predicted molar refractivity (Wildman–Crippen MR) is 81.6 cm³/mol. The maximum absolute atomic E-state index is 12.1. The van der Waals surface area contributed by atoms with Crippen molar-refractivity contribution in [2.24, 2.45) is 0 Å². The Kier molecular flexibility index (Phi) is 4.35. The summed E-state index contributed by atoms with van der Waals surface area (Å²) in [7, 11) is 1.78. The minimum Gasteiger partial charge on any atom is -0.478 e. The first-order chi connectivity index (χ1) is 9.90. The van der Waals surface area contributed by atoms with Gasteiger partial charge in [-0.15, -0.1) is 0 Å². The van der Waals surface area contributed by atoms with Gasteiger partial charge in [0.1, 0.15) is 0 Å². The van der Waals surface area contributed by atoms with Crippen molar-refractivity contribution < 1.29 is 14.7 Å². The number of nitrogens with two attached hydrogens (primary N) is 1. The maximum Gasteiger partial charge on any atom is 0.337 e. The zero-order chi connectivity index (χ0) is 15.6.